The minimum absolute atomic E-state index is 0.0360. The Morgan fingerprint density at radius 1 is 1.06 bits per heavy atom. The minimum Gasteiger partial charge on any atom is -0.489 e. The van der Waals surface area contributed by atoms with Gasteiger partial charge >= 0.3 is 6.18 Å². The Labute approximate surface area is 204 Å². The van der Waals surface area contributed by atoms with Crippen LogP contribution in [0.25, 0.3) is 0 Å². The molecular weight excluding hydrogens is 477 g/mol. The first-order chi connectivity index (χ1) is 17.2. The molecule has 0 spiro atoms. The van der Waals surface area contributed by atoms with Gasteiger partial charge in [-0.05, 0) is 35.9 Å². The SMILES string of the molecule is N#CCc1ccc(OCc2ccccc2NC(=O)CCNc2ccc(C(F)(F)F)cc2[N+](=O)[O-])cc1. The van der Waals surface area contributed by atoms with Gasteiger partial charge in [-0.25, -0.2) is 0 Å². The second-order valence-corrected chi connectivity index (χ2v) is 7.64. The molecule has 0 heterocycles. The summed E-state index contributed by atoms with van der Waals surface area (Å²) in [5.41, 5.74) is 0.119. The number of carbonyl (C=O) groups is 1. The number of rotatable bonds is 10. The quantitative estimate of drug-likeness (QED) is 0.274. The molecule has 186 valence electrons. The summed E-state index contributed by atoms with van der Waals surface area (Å²) in [7, 11) is 0. The molecule has 3 aromatic carbocycles. The van der Waals surface area contributed by atoms with E-state index in [1.165, 1.54) is 0 Å². The molecule has 0 atom stereocenters. The fourth-order valence-corrected chi connectivity index (χ4v) is 3.26. The van der Waals surface area contributed by atoms with Crippen molar-refractivity contribution < 1.29 is 27.6 Å². The summed E-state index contributed by atoms with van der Waals surface area (Å²) in [6.07, 6.45) is -4.49. The molecule has 2 N–H and O–H groups in total. The summed E-state index contributed by atoms with van der Waals surface area (Å²) >= 11 is 0. The monoisotopic (exact) mass is 498 g/mol. The van der Waals surface area contributed by atoms with E-state index in [-0.39, 0.29) is 25.3 Å². The number of benzene rings is 3. The van der Waals surface area contributed by atoms with E-state index < -0.39 is 28.3 Å². The van der Waals surface area contributed by atoms with Crippen LogP contribution in [-0.4, -0.2) is 17.4 Å². The number of carbonyl (C=O) groups excluding carboxylic acids is 1. The van der Waals surface area contributed by atoms with Gasteiger partial charge in [0.15, 0.2) is 0 Å². The molecule has 3 rings (SSSR count). The Morgan fingerprint density at radius 3 is 2.44 bits per heavy atom. The standard InChI is InChI=1S/C25H21F3N4O4/c26-25(27,28)19-7-10-22(23(15-19)32(34)35)30-14-12-24(33)31-21-4-2-1-3-18(21)16-36-20-8-5-17(6-9-20)11-13-29/h1-10,15,30H,11-12,14,16H2,(H,31,33). The van der Waals surface area contributed by atoms with Crippen LogP contribution in [0.1, 0.15) is 23.1 Å². The molecule has 0 unspecified atom stereocenters. The highest BCUT2D eigenvalue weighted by atomic mass is 19.4. The van der Waals surface area contributed by atoms with Crippen molar-refractivity contribution in [2.45, 2.75) is 25.6 Å². The van der Waals surface area contributed by atoms with Crippen molar-refractivity contribution >= 4 is 23.0 Å². The normalized spacial score (nSPS) is 10.8. The Balaban J connectivity index is 1.57. The fourth-order valence-electron chi connectivity index (χ4n) is 3.26. The molecule has 0 aliphatic rings. The van der Waals surface area contributed by atoms with Gasteiger partial charge in [0.1, 0.15) is 18.0 Å². The van der Waals surface area contributed by atoms with Crippen molar-refractivity contribution in [3.8, 4) is 11.8 Å². The van der Waals surface area contributed by atoms with Gasteiger partial charge in [-0.3, -0.25) is 14.9 Å². The molecule has 0 aromatic heterocycles. The van der Waals surface area contributed by atoms with Crippen LogP contribution in [0.4, 0.5) is 30.2 Å². The van der Waals surface area contributed by atoms with E-state index in [4.69, 9.17) is 10.00 Å². The van der Waals surface area contributed by atoms with Gasteiger partial charge in [0, 0.05) is 30.3 Å². The minimum atomic E-state index is -4.71. The molecule has 11 heteroatoms. The number of halogens is 3. The van der Waals surface area contributed by atoms with Crippen LogP contribution in [0.2, 0.25) is 0 Å². The predicted octanol–water partition coefficient (Wildman–Crippen LogP) is 5.70. The number of amides is 1. The Hall–Kier alpha value is -4.59. The predicted molar refractivity (Wildman–Crippen MR) is 126 cm³/mol. The van der Waals surface area contributed by atoms with Crippen molar-refractivity contribution in [1.29, 1.82) is 5.26 Å². The van der Waals surface area contributed by atoms with Crippen LogP contribution in [0.5, 0.6) is 5.75 Å². The topological polar surface area (TPSA) is 117 Å². The Bertz CT molecular complexity index is 1270. The van der Waals surface area contributed by atoms with Gasteiger partial charge in [0.25, 0.3) is 5.69 Å². The average Bonchev–Trinajstić information content (AvgIpc) is 2.84. The van der Waals surface area contributed by atoms with E-state index in [2.05, 4.69) is 16.7 Å². The molecule has 0 aliphatic heterocycles. The summed E-state index contributed by atoms with van der Waals surface area (Å²) in [5, 5.41) is 25.3. The lowest BCUT2D eigenvalue weighted by Gasteiger charge is -2.13. The van der Waals surface area contributed by atoms with Gasteiger partial charge in [-0.15, -0.1) is 0 Å². The zero-order chi connectivity index (χ0) is 26.1. The van der Waals surface area contributed by atoms with Gasteiger partial charge < -0.3 is 15.4 Å². The molecule has 0 saturated heterocycles. The maximum absolute atomic E-state index is 12.8. The number of hydrogen-bond acceptors (Lipinski definition) is 6. The number of nitrogens with zero attached hydrogens (tertiary/aromatic N) is 2. The smallest absolute Gasteiger partial charge is 0.416 e. The van der Waals surface area contributed by atoms with Gasteiger partial charge in [0.2, 0.25) is 5.91 Å². The Morgan fingerprint density at radius 2 is 1.78 bits per heavy atom. The van der Waals surface area contributed by atoms with Crippen molar-refractivity contribution in [2.75, 3.05) is 17.2 Å². The average molecular weight is 498 g/mol. The van der Waals surface area contributed by atoms with E-state index in [1.54, 1.807) is 48.5 Å². The van der Waals surface area contributed by atoms with E-state index >= 15 is 0 Å². The van der Waals surface area contributed by atoms with Crippen LogP contribution >= 0.6 is 0 Å². The lowest BCUT2D eigenvalue weighted by molar-refractivity contribution is -0.384. The summed E-state index contributed by atoms with van der Waals surface area (Å²) in [5.74, 6) is 0.200. The highest BCUT2D eigenvalue weighted by molar-refractivity contribution is 5.91. The first kappa shape index (κ1) is 26.0. The molecule has 0 radical (unpaired) electrons. The van der Waals surface area contributed by atoms with Gasteiger partial charge in [-0.1, -0.05) is 30.3 Å². The molecule has 3 aromatic rings. The summed E-state index contributed by atoms with van der Waals surface area (Å²) in [6.45, 7) is 0.135. The van der Waals surface area contributed by atoms with Crippen molar-refractivity contribution in [2.24, 2.45) is 0 Å². The second-order valence-electron chi connectivity index (χ2n) is 7.64. The van der Waals surface area contributed by atoms with E-state index in [0.29, 0.717) is 29.5 Å². The lowest BCUT2D eigenvalue weighted by atomic mass is 10.1. The third-order valence-electron chi connectivity index (χ3n) is 5.08. The third-order valence-corrected chi connectivity index (χ3v) is 5.08. The van der Waals surface area contributed by atoms with Crippen LogP contribution in [-0.2, 0) is 24.0 Å². The zero-order valence-electron chi connectivity index (χ0n) is 18.8. The molecule has 0 bridgehead atoms. The van der Waals surface area contributed by atoms with Crippen LogP contribution in [0, 0.1) is 21.4 Å². The number of nitro groups is 1. The number of ether oxygens (including phenoxy) is 1. The summed E-state index contributed by atoms with van der Waals surface area (Å²) in [6, 6.07) is 18.3. The maximum Gasteiger partial charge on any atom is 0.416 e. The van der Waals surface area contributed by atoms with E-state index in [9.17, 15) is 28.1 Å². The van der Waals surface area contributed by atoms with Crippen LogP contribution in [0.3, 0.4) is 0 Å². The first-order valence-corrected chi connectivity index (χ1v) is 10.7. The van der Waals surface area contributed by atoms with Crippen molar-refractivity contribution in [3.63, 3.8) is 0 Å². The second kappa shape index (κ2) is 11.7. The fraction of sp³-hybridized carbons (Fsp3) is 0.200. The third kappa shape index (κ3) is 7.20. The molecule has 36 heavy (non-hydrogen) atoms. The number of anilines is 2. The zero-order valence-corrected chi connectivity index (χ0v) is 18.8. The maximum atomic E-state index is 12.8. The highest BCUT2D eigenvalue weighted by Gasteiger charge is 2.33. The number of nitriles is 1. The van der Waals surface area contributed by atoms with Gasteiger partial charge in [-0.2, -0.15) is 18.4 Å². The molecular formula is C25H21F3N4O4. The number of para-hydroxylation sites is 1. The Kier molecular flexibility index (Phi) is 8.46. The molecule has 8 nitrogen and oxygen atoms in total. The number of nitrogens with one attached hydrogen (secondary N) is 2. The van der Waals surface area contributed by atoms with Crippen molar-refractivity contribution in [3.05, 3.63) is 93.5 Å². The molecule has 1 amide bonds. The largest absolute Gasteiger partial charge is 0.489 e. The summed E-state index contributed by atoms with van der Waals surface area (Å²) < 4.78 is 44.3. The number of alkyl halides is 3. The first-order valence-electron chi connectivity index (χ1n) is 10.7. The molecule has 0 fully saturated rings. The lowest BCUT2D eigenvalue weighted by Crippen LogP contribution is -2.18. The van der Waals surface area contributed by atoms with E-state index in [1.807, 2.05) is 0 Å². The molecule has 0 aliphatic carbocycles. The van der Waals surface area contributed by atoms with E-state index in [0.717, 1.165) is 17.7 Å². The van der Waals surface area contributed by atoms with Crippen LogP contribution < -0.4 is 15.4 Å². The highest BCUT2D eigenvalue weighted by Crippen LogP contribution is 2.35. The van der Waals surface area contributed by atoms with Crippen LogP contribution in [0.15, 0.2) is 66.7 Å². The van der Waals surface area contributed by atoms with Gasteiger partial charge in [0.05, 0.1) is 23.0 Å². The van der Waals surface area contributed by atoms with Crippen molar-refractivity contribution in [1.82, 2.24) is 0 Å². The number of hydrogen-bond donors (Lipinski definition) is 2. The number of nitro benzene ring substituents is 1. The molecule has 0 saturated carbocycles. The summed E-state index contributed by atoms with van der Waals surface area (Å²) in [4.78, 5) is 22.7.